The van der Waals surface area contributed by atoms with E-state index in [9.17, 15) is 4.79 Å². The Morgan fingerprint density at radius 1 is 1.25 bits per heavy atom. The van der Waals surface area contributed by atoms with Crippen molar-refractivity contribution >= 4 is 28.6 Å². The number of aliphatic carboxylic acids is 1. The Labute approximate surface area is 144 Å². The second-order valence-corrected chi connectivity index (χ2v) is 7.68. The molecule has 0 radical (unpaired) electrons. The van der Waals surface area contributed by atoms with E-state index in [2.05, 4.69) is 35.7 Å². The maximum atomic E-state index is 10.7. The number of hydrogen-bond donors (Lipinski definition) is 2. The van der Waals surface area contributed by atoms with Crippen LogP contribution in [-0.2, 0) is 10.2 Å². The number of nitrogens with zero attached hydrogens (tertiary/aromatic N) is 2. The van der Waals surface area contributed by atoms with Crippen LogP contribution in [0.3, 0.4) is 0 Å². The first-order chi connectivity index (χ1) is 11.3. The lowest BCUT2D eigenvalue weighted by Crippen LogP contribution is -2.14. The van der Waals surface area contributed by atoms with Crippen LogP contribution in [0.15, 0.2) is 41.4 Å². The zero-order valence-electron chi connectivity index (χ0n) is 13.8. The van der Waals surface area contributed by atoms with E-state index in [1.165, 1.54) is 11.8 Å². The summed E-state index contributed by atoms with van der Waals surface area (Å²) >= 11 is 1.31. The smallest absolute Gasteiger partial charge is 0.313 e. The number of carboxylic acid groups (broad SMARTS) is 1. The van der Waals surface area contributed by atoms with Gasteiger partial charge in [-0.2, -0.15) is 0 Å². The highest BCUT2D eigenvalue weighted by Gasteiger charge is 2.17. The molecule has 0 bridgehead atoms. The number of aromatic amines is 1. The van der Waals surface area contributed by atoms with Crippen molar-refractivity contribution in [1.82, 2.24) is 15.0 Å². The summed E-state index contributed by atoms with van der Waals surface area (Å²) in [5.74, 6) is -0.0971. The molecule has 3 rings (SSSR count). The molecule has 5 nitrogen and oxygen atoms in total. The van der Waals surface area contributed by atoms with Crippen molar-refractivity contribution in [3.8, 4) is 11.5 Å². The van der Waals surface area contributed by atoms with Crippen LogP contribution in [0.25, 0.3) is 22.4 Å². The van der Waals surface area contributed by atoms with Crippen molar-refractivity contribution in [2.24, 2.45) is 0 Å². The molecule has 0 amide bonds. The lowest BCUT2D eigenvalue weighted by Gasteiger charge is -2.17. The average molecular weight is 341 g/mol. The number of carboxylic acids is 1. The van der Waals surface area contributed by atoms with Crippen LogP contribution in [0.2, 0.25) is 0 Å². The van der Waals surface area contributed by atoms with Crippen LogP contribution < -0.4 is 0 Å². The highest BCUT2D eigenvalue weighted by Crippen LogP contribution is 2.28. The summed E-state index contributed by atoms with van der Waals surface area (Å²) in [5, 5.41) is 9.81. The lowest BCUT2D eigenvalue weighted by atomic mass is 9.92. The second kappa shape index (κ2) is 6.28. The van der Waals surface area contributed by atoms with Gasteiger partial charge in [-0.25, -0.2) is 9.97 Å². The Bertz CT molecular complexity index is 897. The molecular weight excluding hydrogens is 322 g/mol. The molecule has 0 fully saturated rings. The molecule has 3 aromatic rings. The summed E-state index contributed by atoms with van der Waals surface area (Å²) in [4.78, 5) is 24.0. The molecule has 0 spiro atoms. The fourth-order valence-corrected chi connectivity index (χ4v) is 3.04. The van der Waals surface area contributed by atoms with Crippen molar-refractivity contribution in [2.75, 3.05) is 5.75 Å². The van der Waals surface area contributed by atoms with Crippen molar-refractivity contribution in [3.63, 3.8) is 0 Å². The van der Waals surface area contributed by atoms with Gasteiger partial charge in [0.05, 0.1) is 11.4 Å². The summed E-state index contributed by atoms with van der Waals surface area (Å²) in [5.41, 5.74) is 2.79. The monoisotopic (exact) mass is 341 g/mol. The Kier molecular flexibility index (Phi) is 4.32. The van der Waals surface area contributed by atoms with Gasteiger partial charge in [-0.15, -0.1) is 11.8 Å². The number of nitrogens with one attached hydrogen (secondary N) is 1. The number of fused-ring (bicyclic) bond motifs is 1. The maximum absolute atomic E-state index is 10.7. The third-order valence-electron chi connectivity index (χ3n) is 3.62. The standard InChI is InChI=1S/C18H19N3O2S/c1-18(2,3)15-6-7-19-17(21-15)14-9-11-8-12(24-10-16(22)23)4-5-13(11)20-14/h4-9,20H,10H2,1-3H3,(H,22,23). The normalized spacial score (nSPS) is 11.8. The Hall–Kier alpha value is -2.34. The second-order valence-electron chi connectivity index (χ2n) is 6.63. The molecule has 124 valence electrons. The van der Waals surface area contributed by atoms with E-state index in [1.807, 2.05) is 30.3 Å². The first-order valence-electron chi connectivity index (χ1n) is 7.64. The average Bonchev–Trinajstić information content (AvgIpc) is 2.95. The molecule has 1 aromatic carbocycles. The number of rotatable bonds is 4. The number of aromatic nitrogens is 3. The molecular formula is C18H19N3O2S. The first-order valence-corrected chi connectivity index (χ1v) is 8.63. The van der Waals surface area contributed by atoms with E-state index < -0.39 is 5.97 Å². The minimum atomic E-state index is -0.817. The molecule has 0 aliphatic heterocycles. The van der Waals surface area contributed by atoms with E-state index >= 15 is 0 Å². The molecule has 2 heterocycles. The van der Waals surface area contributed by atoms with Crippen LogP contribution >= 0.6 is 11.8 Å². The number of benzene rings is 1. The van der Waals surface area contributed by atoms with Crippen LogP contribution in [0, 0.1) is 0 Å². The highest BCUT2D eigenvalue weighted by molar-refractivity contribution is 8.00. The fraction of sp³-hybridized carbons (Fsp3) is 0.278. The summed E-state index contributed by atoms with van der Waals surface area (Å²) < 4.78 is 0. The topological polar surface area (TPSA) is 78.9 Å². The molecule has 2 N–H and O–H groups in total. The maximum Gasteiger partial charge on any atom is 0.313 e. The molecule has 0 saturated heterocycles. The molecule has 0 unspecified atom stereocenters. The number of H-pyrrole nitrogens is 1. The molecule has 24 heavy (non-hydrogen) atoms. The first kappa shape index (κ1) is 16.5. The van der Waals surface area contributed by atoms with Crippen molar-refractivity contribution in [1.29, 1.82) is 0 Å². The van der Waals surface area contributed by atoms with Gasteiger partial charge in [-0.1, -0.05) is 20.8 Å². The lowest BCUT2D eigenvalue weighted by molar-refractivity contribution is -0.133. The van der Waals surface area contributed by atoms with E-state index in [1.54, 1.807) is 6.20 Å². The van der Waals surface area contributed by atoms with Gasteiger partial charge in [-0.05, 0) is 30.3 Å². The van der Waals surface area contributed by atoms with Crippen LogP contribution in [0.1, 0.15) is 26.5 Å². The third-order valence-corrected chi connectivity index (χ3v) is 4.60. The summed E-state index contributed by atoms with van der Waals surface area (Å²) in [6.07, 6.45) is 1.78. The molecule has 2 aromatic heterocycles. The zero-order chi connectivity index (χ0) is 17.3. The van der Waals surface area contributed by atoms with Crippen LogP contribution in [0.5, 0.6) is 0 Å². The van der Waals surface area contributed by atoms with Crippen LogP contribution in [-0.4, -0.2) is 31.8 Å². The van der Waals surface area contributed by atoms with Gasteiger partial charge in [0.15, 0.2) is 5.82 Å². The summed E-state index contributed by atoms with van der Waals surface area (Å²) in [6.45, 7) is 6.36. The summed E-state index contributed by atoms with van der Waals surface area (Å²) in [7, 11) is 0. The molecule has 0 atom stereocenters. The molecule has 0 saturated carbocycles. The minimum Gasteiger partial charge on any atom is -0.481 e. The SMILES string of the molecule is CC(C)(C)c1ccnc(-c2cc3cc(SCC(=O)O)ccc3[nH]2)n1. The van der Waals surface area contributed by atoms with Gasteiger partial charge in [0, 0.05) is 33.1 Å². The predicted octanol–water partition coefficient (Wildman–Crippen LogP) is 4.10. The van der Waals surface area contributed by atoms with Gasteiger partial charge in [0.2, 0.25) is 0 Å². The van der Waals surface area contributed by atoms with Gasteiger partial charge >= 0.3 is 5.97 Å². The van der Waals surface area contributed by atoms with Gasteiger partial charge in [0.1, 0.15) is 0 Å². The van der Waals surface area contributed by atoms with Crippen molar-refractivity contribution in [3.05, 3.63) is 42.2 Å². The van der Waals surface area contributed by atoms with Crippen LogP contribution in [0.4, 0.5) is 0 Å². The zero-order valence-corrected chi connectivity index (χ0v) is 14.6. The van der Waals surface area contributed by atoms with E-state index in [4.69, 9.17) is 5.11 Å². The van der Waals surface area contributed by atoms with Gasteiger partial charge in [0.25, 0.3) is 0 Å². The van der Waals surface area contributed by atoms with Gasteiger partial charge in [-0.3, -0.25) is 4.79 Å². The predicted molar refractivity (Wildman–Crippen MR) is 96.4 cm³/mol. The Balaban J connectivity index is 1.95. The van der Waals surface area contributed by atoms with E-state index in [0.717, 1.165) is 27.2 Å². The summed E-state index contributed by atoms with van der Waals surface area (Å²) in [6, 6.07) is 9.80. The van der Waals surface area contributed by atoms with E-state index in [-0.39, 0.29) is 11.2 Å². The minimum absolute atomic E-state index is 0.0374. The van der Waals surface area contributed by atoms with E-state index in [0.29, 0.717) is 5.82 Å². The molecule has 0 aliphatic rings. The third kappa shape index (κ3) is 3.59. The fourth-order valence-electron chi connectivity index (χ4n) is 2.37. The number of carbonyl (C=O) groups is 1. The molecule has 0 aliphatic carbocycles. The highest BCUT2D eigenvalue weighted by atomic mass is 32.2. The Morgan fingerprint density at radius 2 is 2.04 bits per heavy atom. The van der Waals surface area contributed by atoms with Gasteiger partial charge < -0.3 is 10.1 Å². The number of hydrogen-bond acceptors (Lipinski definition) is 4. The van der Waals surface area contributed by atoms with Crippen molar-refractivity contribution in [2.45, 2.75) is 31.1 Å². The quantitative estimate of drug-likeness (QED) is 0.699. The Morgan fingerprint density at radius 3 is 2.75 bits per heavy atom. The van der Waals surface area contributed by atoms with Crippen molar-refractivity contribution < 1.29 is 9.90 Å². The molecule has 6 heteroatoms. The largest absolute Gasteiger partial charge is 0.481 e. The number of thioether (sulfide) groups is 1.